The number of halogens is 2. The van der Waals surface area contributed by atoms with E-state index in [1.807, 2.05) is 19.3 Å². The lowest BCUT2D eigenvalue weighted by molar-refractivity contribution is 0.0395. The summed E-state index contributed by atoms with van der Waals surface area (Å²) >= 11 is 6.00. The summed E-state index contributed by atoms with van der Waals surface area (Å²) < 4.78 is 24.4. The average molecular weight is 495 g/mol. The molecular weight excluding hydrogens is 471 g/mol. The monoisotopic (exact) mass is 494 g/mol. The Labute approximate surface area is 205 Å². The summed E-state index contributed by atoms with van der Waals surface area (Å²) in [5.41, 5.74) is 1.76. The van der Waals surface area contributed by atoms with E-state index in [1.165, 1.54) is 6.07 Å². The van der Waals surface area contributed by atoms with Crippen LogP contribution in [0.15, 0.2) is 41.5 Å². The van der Waals surface area contributed by atoms with Crippen LogP contribution in [0.4, 0.5) is 10.2 Å². The maximum absolute atomic E-state index is 15.1. The molecule has 0 amide bonds. The molecule has 1 aliphatic heterocycles. The molecule has 0 N–H and O–H groups in total. The molecule has 8 nitrogen and oxygen atoms in total. The number of anilines is 1. The third kappa shape index (κ3) is 3.98. The second kappa shape index (κ2) is 8.42. The van der Waals surface area contributed by atoms with Crippen LogP contribution in [-0.4, -0.2) is 44.0 Å². The summed E-state index contributed by atoms with van der Waals surface area (Å²) in [4.78, 5) is 25.3. The fraction of sp³-hybridized carbons (Fsp3) is 0.360. The van der Waals surface area contributed by atoms with Gasteiger partial charge in [0.05, 0.1) is 29.4 Å². The van der Waals surface area contributed by atoms with Crippen molar-refractivity contribution in [2.45, 2.75) is 24.9 Å². The van der Waals surface area contributed by atoms with Crippen LogP contribution in [0, 0.1) is 5.82 Å². The summed E-state index contributed by atoms with van der Waals surface area (Å²) in [7, 11) is 3.59. The van der Waals surface area contributed by atoms with Gasteiger partial charge in [0, 0.05) is 61.5 Å². The van der Waals surface area contributed by atoms with Crippen LogP contribution < -0.4 is 10.5 Å². The van der Waals surface area contributed by atoms with Crippen LogP contribution in [-0.2, 0) is 18.8 Å². The maximum Gasteiger partial charge on any atom is 0.263 e. The summed E-state index contributed by atoms with van der Waals surface area (Å²) in [6.07, 6.45) is 5.58. The summed E-state index contributed by atoms with van der Waals surface area (Å²) in [6, 6.07) is 6.24. The number of aromatic nitrogens is 5. The third-order valence-corrected chi connectivity index (χ3v) is 6.93. The second-order valence-electron chi connectivity index (χ2n) is 9.21. The SMILES string of the molecule is Cn1cc([C@H]2CN(c3cc4nc(C5CC5)n(C)c(=O)c4c(-c4ccc(Cl)cc4F)n3)CCO2)cn1. The number of hydrogen-bond acceptors (Lipinski definition) is 6. The Kier molecular flexibility index (Phi) is 5.34. The van der Waals surface area contributed by atoms with Gasteiger partial charge in [0.2, 0.25) is 0 Å². The molecule has 0 radical (unpaired) electrons. The minimum Gasteiger partial charge on any atom is -0.370 e. The van der Waals surface area contributed by atoms with Gasteiger partial charge in [-0.2, -0.15) is 5.10 Å². The molecular formula is C25H24ClFN6O2. The number of morpholine rings is 1. The predicted octanol–water partition coefficient (Wildman–Crippen LogP) is 3.98. The number of rotatable bonds is 4. The highest BCUT2D eigenvalue weighted by Gasteiger charge is 2.30. The lowest BCUT2D eigenvalue weighted by Gasteiger charge is -2.33. The number of fused-ring (bicyclic) bond motifs is 1. The molecule has 1 atom stereocenters. The van der Waals surface area contributed by atoms with E-state index in [-0.39, 0.29) is 33.9 Å². The van der Waals surface area contributed by atoms with E-state index in [4.69, 9.17) is 26.3 Å². The molecule has 0 spiro atoms. The van der Waals surface area contributed by atoms with E-state index in [9.17, 15) is 4.79 Å². The quantitative estimate of drug-likeness (QED) is 0.427. The minimum absolute atomic E-state index is 0.177. The first-order chi connectivity index (χ1) is 16.9. The highest BCUT2D eigenvalue weighted by Crippen LogP contribution is 2.40. The van der Waals surface area contributed by atoms with Crippen molar-refractivity contribution < 1.29 is 9.13 Å². The molecule has 3 aromatic heterocycles. The van der Waals surface area contributed by atoms with Gasteiger partial charge < -0.3 is 9.64 Å². The molecule has 1 aliphatic carbocycles. The molecule has 2 fully saturated rings. The first-order valence-corrected chi connectivity index (χ1v) is 12.0. The van der Waals surface area contributed by atoms with Crippen molar-refractivity contribution in [3.63, 3.8) is 0 Å². The van der Waals surface area contributed by atoms with Gasteiger partial charge in [0.25, 0.3) is 5.56 Å². The van der Waals surface area contributed by atoms with E-state index in [1.54, 1.807) is 34.6 Å². The van der Waals surface area contributed by atoms with E-state index in [0.29, 0.717) is 36.4 Å². The van der Waals surface area contributed by atoms with Gasteiger partial charge in [-0.3, -0.25) is 14.0 Å². The van der Waals surface area contributed by atoms with Crippen molar-refractivity contribution in [3.8, 4) is 11.3 Å². The molecule has 4 heterocycles. The van der Waals surface area contributed by atoms with E-state index >= 15 is 4.39 Å². The van der Waals surface area contributed by atoms with Gasteiger partial charge in [-0.1, -0.05) is 11.6 Å². The van der Waals surface area contributed by atoms with Gasteiger partial charge in [0.15, 0.2) is 0 Å². The minimum atomic E-state index is -0.535. The van der Waals surface area contributed by atoms with Crippen molar-refractivity contribution in [1.82, 2.24) is 24.3 Å². The number of benzene rings is 1. The second-order valence-corrected chi connectivity index (χ2v) is 9.65. The van der Waals surface area contributed by atoms with Crippen molar-refractivity contribution >= 4 is 28.3 Å². The van der Waals surface area contributed by atoms with E-state index in [0.717, 1.165) is 24.2 Å². The maximum atomic E-state index is 15.1. The topological polar surface area (TPSA) is 78.1 Å². The van der Waals surface area contributed by atoms with Gasteiger partial charge in [-0.25, -0.2) is 14.4 Å². The number of aryl methyl sites for hydroxylation is 1. The molecule has 1 aromatic carbocycles. The molecule has 1 saturated heterocycles. The van der Waals surface area contributed by atoms with Gasteiger partial charge in [-0.05, 0) is 31.0 Å². The first-order valence-electron chi connectivity index (χ1n) is 11.6. The van der Waals surface area contributed by atoms with Crippen molar-refractivity contribution in [3.05, 3.63) is 69.2 Å². The van der Waals surface area contributed by atoms with Crippen LogP contribution in [0.2, 0.25) is 5.02 Å². The summed E-state index contributed by atoms with van der Waals surface area (Å²) in [6.45, 7) is 1.66. The van der Waals surface area contributed by atoms with Crippen LogP contribution >= 0.6 is 11.6 Å². The zero-order valence-electron chi connectivity index (χ0n) is 19.4. The zero-order chi connectivity index (χ0) is 24.3. The molecule has 2 aliphatic rings. The third-order valence-electron chi connectivity index (χ3n) is 6.70. The normalized spacial score (nSPS) is 18.4. The lowest BCUT2D eigenvalue weighted by atomic mass is 10.1. The molecule has 4 aromatic rings. The average Bonchev–Trinajstić information content (AvgIpc) is 3.60. The molecule has 35 heavy (non-hydrogen) atoms. The number of ether oxygens (including phenoxy) is 1. The van der Waals surface area contributed by atoms with Gasteiger partial charge in [0.1, 0.15) is 23.6 Å². The van der Waals surface area contributed by atoms with Crippen LogP contribution in [0.5, 0.6) is 0 Å². The summed E-state index contributed by atoms with van der Waals surface area (Å²) in [5, 5.41) is 4.84. The summed E-state index contributed by atoms with van der Waals surface area (Å²) in [5.74, 6) is 1.13. The highest BCUT2D eigenvalue weighted by atomic mass is 35.5. The Balaban J connectivity index is 1.52. The molecule has 1 saturated carbocycles. The molecule has 0 unspecified atom stereocenters. The van der Waals surface area contributed by atoms with E-state index in [2.05, 4.69) is 10.00 Å². The Morgan fingerprint density at radius 3 is 2.71 bits per heavy atom. The number of nitrogens with zero attached hydrogens (tertiary/aromatic N) is 6. The van der Waals surface area contributed by atoms with Gasteiger partial charge in [-0.15, -0.1) is 0 Å². The van der Waals surface area contributed by atoms with Crippen molar-refractivity contribution in [2.75, 3.05) is 24.6 Å². The number of hydrogen-bond donors (Lipinski definition) is 0. The standard InChI is InChI=1S/C25H24ClFN6O2/c1-31-12-15(11-28-31)20-13-33(7-8-35-20)21-10-19-22(25(34)32(2)24(29-19)14-3-4-14)23(30-21)17-6-5-16(26)9-18(17)27/h5-6,9-12,14,20H,3-4,7-8,13H2,1-2H3/t20-/m1/s1. The van der Waals surface area contributed by atoms with Crippen molar-refractivity contribution in [2.24, 2.45) is 14.1 Å². The Hall–Kier alpha value is -3.30. The molecule has 0 bridgehead atoms. The smallest absolute Gasteiger partial charge is 0.263 e. The van der Waals surface area contributed by atoms with Crippen molar-refractivity contribution in [1.29, 1.82) is 0 Å². The first kappa shape index (κ1) is 22.2. The van der Waals surface area contributed by atoms with Crippen LogP contribution in [0.3, 0.4) is 0 Å². The number of pyridine rings is 1. The fourth-order valence-corrected chi connectivity index (χ4v) is 4.86. The molecule has 10 heteroatoms. The lowest BCUT2D eigenvalue weighted by Crippen LogP contribution is -2.39. The zero-order valence-corrected chi connectivity index (χ0v) is 20.2. The van der Waals surface area contributed by atoms with Crippen LogP contribution in [0.1, 0.15) is 36.3 Å². The molecule has 180 valence electrons. The predicted molar refractivity (Wildman–Crippen MR) is 131 cm³/mol. The van der Waals surface area contributed by atoms with Gasteiger partial charge >= 0.3 is 0 Å². The van der Waals surface area contributed by atoms with Crippen LogP contribution in [0.25, 0.3) is 22.2 Å². The Morgan fingerprint density at radius 1 is 1.17 bits per heavy atom. The Bertz CT molecular complexity index is 1510. The molecule has 6 rings (SSSR count). The fourth-order valence-electron chi connectivity index (χ4n) is 4.70. The largest absolute Gasteiger partial charge is 0.370 e. The van der Waals surface area contributed by atoms with E-state index < -0.39 is 5.82 Å². The highest BCUT2D eigenvalue weighted by molar-refractivity contribution is 6.30. The Morgan fingerprint density at radius 2 is 2.00 bits per heavy atom.